The maximum atomic E-state index is 12.1. The van der Waals surface area contributed by atoms with Crippen LogP contribution in [-0.4, -0.2) is 47.5 Å². The Balaban J connectivity index is 1.26. The zero-order valence-electron chi connectivity index (χ0n) is 19.3. The largest absolute Gasteiger partial charge is 0.495 e. The molecule has 5 atom stereocenters. The van der Waals surface area contributed by atoms with Gasteiger partial charge in [-0.1, -0.05) is 0 Å². The summed E-state index contributed by atoms with van der Waals surface area (Å²) >= 11 is 0. The molecule has 1 aliphatic heterocycles. The summed E-state index contributed by atoms with van der Waals surface area (Å²) in [6.45, 7) is 1.94. The summed E-state index contributed by atoms with van der Waals surface area (Å²) in [4.78, 5) is 23.5. The van der Waals surface area contributed by atoms with Crippen molar-refractivity contribution in [1.82, 2.24) is 14.9 Å². The Kier molecular flexibility index (Phi) is 4.94. The van der Waals surface area contributed by atoms with Gasteiger partial charge in [-0.3, -0.25) is 4.79 Å². The van der Waals surface area contributed by atoms with Crippen LogP contribution in [0.3, 0.4) is 0 Å². The van der Waals surface area contributed by atoms with Gasteiger partial charge >= 0.3 is 0 Å². The molecule has 8 heteroatoms. The number of amides is 1. The highest BCUT2D eigenvalue weighted by Gasteiger charge is 2.57. The minimum atomic E-state index is -0.512. The number of hydrogen-bond acceptors (Lipinski definition) is 7. The van der Waals surface area contributed by atoms with E-state index in [1.807, 2.05) is 0 Å². The van der Waals surface area contributed by atoms with E-state index >= 15 is 0 Å². The van der Waals surface area contributed by atoms with Crippen molar-refractivity contribution in [2.45, 2.75) is 44.7 Å². The number of primary amides is 1. The third-order valence-corrected chi connectivity index (χ3v) is 8.50. The molecule has 0 radical (unpaired) electrons. The number of ether oxygens (including phenoxy) is 1. The van der Waals surface area contributed by atoms with Crippen LogP contribution in [0.15, 0.2) is 18.3 Å². The number of benzene rings is 1. The second-order valence-corrected chi connectivity index (χ2v) is 10.3. The van der Waals surface area contributed by atoms with E-state index in [1.165, 1.54) is 36.6 Å². The van der Waals surface area contributed by atoms with E-state index in [2.05, 4.69) is 44.7 Å². The number of likely N-dealkylation sites (N-methyl/N-ethyl adjacent to an activating group) is 1. The van der Waals surface area contributed by atoms with Gasteiger partial charge in [-0.05, 0) is 86.1 Å². The molecular weight excluding hydrogens is 416 g/mol. The topological polar surface area (TPSA) is 105 Å². The first-order chi connectivity index (χ1) is 16.0. The minimum Gasteiger partial charge on any atom is -0.495 e. The van der Waals surface area contributed by atoms with Gasteiger partial charge in [-0.25, -0.2) is 4.98 Å². The summed E-state index contributed by atoms with van der Waals surface area (Å²) in [5.41, 5.74) is 9.40. The molecule has 6 rings (SSSR count). The zero-order chi connectivity index (χ0) is 22.7. The molecule has 1 amide bonds. The molecule has 1 aromatic heterocycles. The molecule has 3 saturated carbocycles. The molecule has 2 heterocycles. The number of rotatable bonds is 6. The second-order valence-electron chi connectivity index (χ2n) is 10.3. The average molecular weight is 449 g/mol. The van der Waals surface area contributed by atoms with Crippen LogP contribution < -0.4 is 21.1 Å². The number of carbonyl (C=O) groups excluding carboxylic acids is 1. The van der Waals surface area contributed by atoms with Crippen molar-refractivity contribution in [2.24, 2.45) is 29.4 Å². The van der Waals surface area contributed by atoms with E-state index in [-0.39, 0.29) is 0 Å². The molecular formula is C25H32N6O2. The lowest BCUT2D eigenvalue weighted by Gasteiger charge is -2.48. The third-order valence-electron chi connectivity index (χ3n) is 8.50. The number of hydrogen-bond donors (Lipinski definition) is 3. The highest BCUT2D eigenvalue weighted by Crippen LogP contribution is 2.61. The number of methoxy groups -OCH3 is 1. The lowest BCUT2D eigenvalue weighted by atomic mass is 9.62. The normalized spacial score (nSPS) is 29.7. The molecule has 1 aromatic carbocycles. The predicted molar refractivity (Wildman–Crippen MR) is 127 cm³/mol. The Bertz CT molecular complexity index is 1100. The van der Waals surface area contributed by atoms with E-state index in [4.69, 9.17) is 10.5 Å². The van der Waals surface area contributed by atoms with Crippen molar-refractivity contribution >= 4 is 23.4 Å². The van der Waals surface area contributed by atoms with Crippen molar-refractivity contribution in [3.8, 4) is 5.75 Å². The fourth-order valence-corrected chi connectivity index (χ4v) is 6.86. The van der Waals surface area contributed by atoms with Gasteiger partial charge < -0.3 is 26.0 Å². The first-order valence-electron chi connectivity index (χ1n) is 12.1. The maximum Gasteiger partial charge on any atom is 0.254 e. The fourth-order valence-electron chi connectivity index (χ4n) is 6.86. The standard InChI is InChI=1S/C25H32N6O2/c1-31-6-5-13-9-21(33-2)19(8-16(13)12-31)29-25-27-11-18(23(26)32)24(30-25)28-20-10-17-14-3-4-15(7-14)22(17)20/h8-9,11,14-15,17,20,22H,3-7,10,12H2,1-2H3,(H2,26,32)(H2,27,28,29,30). The van der Waals surface area contributed by atoms with Crippen molar-refractivity contribution < 1.29 is 9.53 Å². The summed E-state index contributed by atoms with van der Waals surface area (Å²) in [5.74, 6) is 4.48. The summed E-state index contributed by atoms with van der Waals surface area (Å²) in [6.07, 6.45) is 7.80. The van der Waals surface area contributed by atoms with E-state index in [9.17, 15) is 4.79 Å². The summed E-state index contributed by atoms with van der Waals surface area (Å²) in [5, 5.41) is 6.88. The van der Waals surface area contributed by atoms with Crippen molar-refractivity contribution in [3.63, 3.8) is 0 Å². The number of nitrogens with two attached hydrogens (primary N) is 1. The highest BCUT2D eigenvalue weighted by atomic mass is 16.5. The minimum absolute atomic E-state index is 0.339. The van der Waals surface area contributed by atoms with Crippen LogP contribution in [0, 0.1) is 23.7 Å². The van der Waals surface area contributed by atoms with Crippen LogP contribution in [0.4, 0.5) is 17.5 Å². The van der Waals surface area contributed by atoms with Crippen LogP contribution >= 0.6 is 0 Å². The molecule has 3 fully saturated rings. The smallest absolute Gasteiger partial charge is 0.254 e. The molecule has 2 aromatic rings. The average Bonchev–Trinajstić information content (AvgIpc) is 3.34. The lowest BCUT2D eigenvalue weighted by Crippen LogP contribution is -2.49. The van der Waals surface area contributed by atoms with Crippen molar-refractivity contribution in [1.29, 1.82) is 0 Å². The molecule has 8 nitrogen and oxygen atoms in total. The zero-order valence-corrected chi connectivity index (χ0v) is 19.3. The van der Waals surface area contributed by atoms with Gasteiger partial charge in [-0.2, -0.15) is 4.98 Å². The Morgan fingerprint density at radius 3 is 2.85 bits per heavy atom. The number of anilines is 3. The molecule has 33 heavy (non-hydrogen) atoms. The molecule has 0 saturated heterocycles. The number of carbonyl (C=O) groups is 1. The van der Waals surface area contributed by atoms with Crippen LogP contribution in [0.2, 0.25) is 0 Å². The van der Waals surface area contributed by atoms with Crippen LogP contribution in [-0.2, 0) is 13.0 Å². The first-order valence-corrected chi connectivity index (χ1v) is 12.1. The highest BCUT2D eigenvalue weighted by molar-refractivity contribution is 5.97. The van der Waals surface area contributed by atoms with Gasteiger partial charge in [0.25, 0.3) is 5.91 Å². The Hall–Kier alpha value is -2.87. The predicted octanol–water partition coefficient (Wildman–Crippen LogP) is 3.16. The van der Waals surface area contributed by atoms with Gasteiger partial charge in [0, 0.05) is 25.3 Å². The van der Waals surface area contributed by atoms with Gasteiger partial charge in [0.05, 0.1) is 18.4 Å². The molecule has 5 unspecified atom stereocenters. The maximum absolute atomic E-state index is 12.1. The first kappa shape index (κ1) is 20.7. The molecule has 0 spiro atoms. The SMILES string of the molecule is COc1cc2c(cc1Nc1ncc(C(N)=O)c(NC3CC4C5CCC(C5)C34)n1)CN(C)CC2. The Morgan fingerprint density at radius 1 is 1.21 bits per heavy atom. The summed E-state index contributed by atoms with van der Waals surface area (Å²) in [6, 6.07) is 4.58. The molecule has 4 aliphatic rings. The number of aromatic nitrogens is 2. The quantitative estimate of drug-likeness (QED) is 0.623. The van der Waals surface area contributed by atoms with Crippen LogP contribution in [0.5, 0.6) is 5.75 Å². The van der Waals surface area contributed by atoms with Gasteiger partial charge in [-0.15, -0.1) is 0 Å². The number of nitrogens with one attached hydrogen (secondary N) is 2. The van der Waals surface area contributed by atoms with Crippen molar-refractivity contribution in [2.75, 3.05) is 31.3 Å². The Morgan fingerprint density at radius 2 is 2.06 bits per heavy atom. The fraction of sp³-hybridized carbons (Fsp3) is 0.560. The summed E-state index contributed by atoms with van der Waals surface area (Å²) < 4.78 is 5.65. The number of nitrogens with zero attached hydrogens (tertiary/aromatic N) is 3. The van der Waals surface area contributed by atoms with E-state index in [0.29, 0.717) is 29.3 Å². The van der Waals surface area contributed by atoms with Gasteiger partial charge in [0.2, 0.25) is 5.95 Å². The lowest BCUT2D eigenvalue weighted by molar-refractivity contribution is 0.0828. The Labute approximate surface area is 194 Å². The summed E-state index contributed by atoms with van der Waals surface area (Å²) in [7, 11) is 3.80. The monoisotopic (exact) mass is 448 g/mol. The number of fused-ring (bicyclic) bond motifs is 6. The third kappa shape index (κ3) is 3.51. The van der Waals surface area contributed by atoms with E-state index < -0.39 is 5.91 Å². The molecule has 3 aliphatic carbocycles. The molecule has 2 bridgehead atoms. The second kappa shape index (κ2) is 7.87. The van der Waals surface area contributed by atoms with E-state index in [0.717, 1.165) is 55.1 Å². The molecule has 4 N–H and O–H groups in total. The van der Waals surface area contributed by atoms with Crippen LogP contribution in [0.25, 0.3) is 0 Å². The van der Waals surface area contributed by atoms with Crippen LogP contribution in [0.1, 0.15) is 47.2 Å². The van der Waals surface area contributed by atoms with Crippen molar-refractivity contribution in [3.05, 3.63) is 35.0 Å². The van der Waals surface area contributed by atoms with Gasteiger partial charge in [0.15, 0.2) is 0 Å². The van der Waals surface area contributed by atoms with Gasteiger partial charge in [0.1, 0.15) is 11.6 Å². The van der Waals surface area contributed by atoms with E-state index in [1.54, 1.807) is 7.11 Å². The molecule has 174 valence electrons.